The first-order valence-electron chi connectivity index (χ1n) is 10.3. The number of nitrogens with one attached hydrogen (secondary N) is 2. The molecule has 0 spiro atoms. The van der Waals surface area contributed by atoms with Crippen molar-refractivity contribution in [3.05, 3.63) is 51.6 Å². The highest BCUT2D eigenvalue weighted by molar-refractivity contribution is 14.1. The molecule has 2 aliphatic heterocycles. The van der Waals surface area contributed by atoms with Crippen molar-refractivity contribution in [2.45, 2.75) is 37.8 Å². The Balaban J connectivity index is 0.000000668. The molecule has 8 nitrogen and oxygen atoms in total. The second-order valence-corrected chi connectivity index (χ2v) is 9.20. The van der Waals surface area contributed by atoms with Crippen LogP contribution in [0.3, 0.4) is 0 Å². The summed E-state index contributed by atoms with van der Waals surface area (Å²) in [7, 11) is 0. The lowest BCUT2D eigenvalue weighted by molar-refractivity contribution is -0.134. The largest absolute Gasteiger partial charge is 0.481 e. The topological polar surface area (TPSA) is 115 Å². The SMILES string of the molecule is CC(=O)O.O=C(c1ccncc1Nc1ccc(I)cc1F)N1CC(O)([C@@H]2CCCCN2)C1. The zero-order valence-corrected chi connectivity index (χ0v) is 19.8. The summed E-state index contributed by atoms with van der Waals surface area (Å²) in [6, 6.07) is 6.49. The Morgan fingerprint density at radius 2 is 2.00 bits per heavy atom. The van der Waals surface area contributed by atoms with Gasteiger partial charge in [-0.1, -0.05) is 6.42 Å². The summed E-state index contributed by atoms with van der Waals surface area (Å²) < 4.78 is 15.0. The number of aliphatic hydroxyl groups is 1. The summed E-state index contributed by atoms with van der Waals surface area (Å²) in [6.07, 6.45) is 6.19. The van der Waals surface area contributed by atoms with Gasteiger partial charge in [0.2, 0.25) is 0 Å². The molecule has 10 heteroatoms. The Hall–Kier alpha value is -2.31. The van der Waals surface area contributed by atoms with E-state index in [1.807, 2.05) is 22.6 Å². The van der Waals surface area contributed by atoms with Gasteiger partial charge in [-0.3, -0.25) is 14.6 Å². The normalized spacial score (nSPS) is 19.2. The number of aromatic nitrogens is 1. The van der Waals surface area contributed by atoms with Crippen LogP contribution in [-0.4, -0.2) is 63.3 Å². The number of pyridine rings is 1. The molecule has 3 heterocycles. The van der Waals surface area contributed by atoms with Crippen molar-refractivity contribution in [3.8, 4) is 0 Å². The number of piperidine rings is 1. The molecule has 0 unspecified atom stereocenters. The fourth-order valence-corrected chi connectivity index (χ4v) is 4.33. The molecule has 2 saturated heterocycles. The smallest absolute Gasteiger partial charge is 0.300 e. The standard InChI is InChI=1S/C20H22FIN4O2.C2H4O2/c21-15-9-13(22)4-5-16(15)25-17-10-23-8-6-14(17)19(27)26-11-20(28,12-26)18-3-1-2-7-24-18;1-2(3)4/h4-6,8-10,18,24-25,28H,1-3,7,11-12H2;1H3,(H,3,4)/t18-;/m0./s1. The van der Waals surface area contributed by atoms with E-state index in [2.05, 4.69) is 15.6 Å². The maximum absolute atomic E-state index is 14.2. The van der Waals surface area contributed by atoms with Gasteiger partial charge < -0.3 is 25.7 Å². The highest BCUT2D eigenvalue weighted by Gasteiger charge is 2.49. The first-order chi connectivity index (χ1) is 15.2. The van der Waals surface area contributed by atoms with Crippen LogP contribution >= 0.6 is 22.6 Å². The molecule has 1 aromatic carbocycles. The van der Waals surface area contributed by atoms with Crippen molar-refractivity contribution in [3.63, 3.8) is 0 Å². The Morgan fingerprint density at radius 3 is 2.62 bits per heavy atom. The molecule has 0 bridgehead atoms. The number of carbonyl (C=O) groups excluding carboxylic acids is 1. The summed E-state index contributed by atoms with van der Waals surface area (Å²) in [4.78, 5) is 27.7. The highest BCUT2D eigenvalue weighted by atomic mass is 127. The van der Waals surface area contributed by atoms with Gasteiger partial charge in [0.05, 0.1) is 36.2 Å². The van der Waals surface area contributed by atoms with Gasteiger partial charge in [-0.2, -0.15) is 0 Å². The average molecular weight is 556 g/mol. The van der Waals surface area contributed by atoms with Gasteiger partial charge in [-0.15, -0.1) is 0 Å². The second-order valence-electron chi connectivity index (χ2n) is 7.96. The lowest BCUT2D eigenvalue weighted by atomic mass is 9.81. The number of anilines is 2. The third-order valence-electron chi connectivity index (χ3n) is 5.43. The Bertz CT molecular complexity index is 974. The van der Waals surface area contributed by atoms with E-state index in [9.17, 15) is 14.3 Å². The number of aliphatic carboxylic acids is 1. The van der Waals surface area contributed by atoms with Crippen molar-refractivity contribution in [1.29, 1.82) is 0 Å². The third kappa shape index (κ3) is 5.93. The van der Waals surface area contributed by atoms with Crippen LogP contribution in [0, 0.1) is 9.39 Å². The zero-order valence-electron chi connectivity index (χ0n) is 17.6. The van der Waals surface area contributed by atoms with Gasteiger partial charge in [-0.25, -0.2) is 4.39 Å². The molecular formula is C22H26FIN4O4. The number of amides is 1. The molecule has 4 N–H and O–H groups in total. The summed E-state index contributed by atoms with van der Waals surface area (Å²) in [5.41, 5.74) is 0.262. The number of carboxylic acid groups (broad SMARTS) is 1. The van der Waals surface area contributed by atoms with Crippen molar-refractivity contribution in [2.24, 2.45) is 0 Å². The fourth-order valence-electron chi connectivity index (χ4n) is 3.88. The Labute approximate surface area is 199 Å². The van der Waals surface area contributed by atoms with Gasteiger partial charge >= 0.3 is 0 Å². The van der Waals surface area contributed by atoms with Gasteiger partial charge in [0.1, 0.15) is 11.4 Å². The minimum absolute atomic E-state index is 0.0289. The molecule has 2 aromatic rings. The Morgan fingerprint density at radius 1 is 1.28 bits per heavy atom. The molecule has 2 fully saturated rings. The molecule has 4 rings (SSSR count). The van der Waals surface area contributed by atoms with Crippen LogP contribution in [0.2, 0.25) is 0 Å². The molecule has 1 amide bonds. The molecule has 172 valence electrons. The molecule has 32 heavy (non-hydrogen) atoms. The summed E-state index contributed by atoms with van der Waals surface area (Å²) in [5, 5.41) is 24.6. The van der Waals surface area contributed by atoms with E-state index in [4.69, 9.17) is 9.90 Å². The number of nitrogens with zero attached hydrogens (tertiary/aromatic N) is 2. The monoisotopic (exact) mass is 556 g/mol. The maximum Gasteiger partial charge on any atom is 0.300 e. The number of carbonyl (C=O) groups is 2. The number of hydrogen-bond acceptors (Lipinski definition) is 6. The van der Waals surface area contributed by atoms with Crippen molar-refractivity contribution >= 4 is 45.8 Å². The van der Waals surface area contributed by atoms with Gasteiger partial charge in [0.15, 0.2) is 0 Å². The number of likely N-dealkylation sites (tertiary alicyclic amines) is 1. The number of halogens is 2. The quantitative estimate of drug-likeness (QED) is 0.429. The predicted octanol–water partition coefficient (Wildman–Crippen LogP) is 2.99. The van der Waals surface area contributed by atoms with Crippen LogP contribution < -0.4 is 10.6 Å². The van der Waals surface area contributed by atoms with Crippen molar-refractivity contribution in [2.75, 3.05) is 25.0 Å². The lowest BCUT2D eigenvalue weighted by Crippen LogP contribution is -2.72. The molecule has 1 atom stereocenters. The average Bonchev–Trinajstić information content (AvgIpc) is 2.73. The van der Waals surface area contributed by atoms with Crippen LogP contribution in [0.1, 0.15) is 36.5 Å². The number of rotatable bonds is 4. The second kappa shape index (κ2) is 10.5. The van der Waals surface area contributed by atoms with E-state index in [-0.39, 0.29) is 17.6 Å². The summed E-state index contributed by atoms with van der Waals surface area (Å²) >= 11 is 2.04. The van der Waals surface area contributed by atoms with E-state index >= 15 is 0 Å². The number of hydrogen-bond donors (Lipinski definition) is 4. The van der Waals surface area contributed by atoms with E-state index < -0.39 is 17.4 Å². The highest BCUT2D eigenvalue weighted by Crippen LogP contribution is 2.32. The van der Waals surface area contributed by atoms with Crippen molar-refractivity contribution in [1.82, 2.24) is 15.2 Å². The molecule has 2 aliphatic rings. The predicted molar refractivity (Wildman–Crippen MR) is 126 cm³/mol. The van der Waals surface area contributed by atoms with Crippen LogP contribution in [0.5, 0.6) is 0 Å². The molecule has 0 radical (unpaired) electrons. The Kier molecular flexibility index (Phi) is 8.01. The van der Waals surface area contributed by atoms with Crippen LogP contribution in [0.25, 0.3) is 0 Å². The third-order valence-corrected chi connectivity index (χ3v) is 6.10. The van der Waals surface area contributed by atoms with Gasteiger partial charge in [0.25, 0.3) is 11.9 Å². The molecule has 1 aromatic heterocycles. The van der Waals surface area contributed by atoms with E-state index in [0.717, 1.165) is 36.3 Å². The van der Waals surface area contributed by atoms with Crippen LogP contribution in [-0.2, 0) is 4.79 Å². The summed E-state index contributed by atoms with van der Waals surface area (Å²) in [6.45, 7) is 2.58. The number of benzene rings is 1. The zero-order chi connectivity index (χ0) is 23.3. The van der Waals surface area contributed by atoms with Gasteiger partial charge in [-0.05, 0) is 66.2 Å². The van der Waals surface area contributed by atoms with Crippen LogP contribution in [0.4, 0.5) is 15.8 Å². The lowest BCUT2D eigenvalue weighted by Gasteiger charge is -2.51. The first-order valence-corrected chi connectivity index (χ1v) is 11.4. The van der Waals surface area contributed by atoms with Crippen LogP contribution in [0.15, 0.2) is 36.7 Å². The van der Waals surface area contributed by atoms with Gasteiger partial charge in [0, 0.05) is 22.7 Å². The fraction of sp³-hybridized carbons (Fsp3) is 0.409. The number of β-amino-alcohol motifs (C(OH)–C–C–N with tert-alkyl or cyclic N) is 1. The molecule has 0 aliphatic carbocycles. The minimum Gasteiger partial charge on any atom is -0.481 e. The maximum atomic E-state index is 14.2. The number of carboxylic acids is 1. The molecule has 0 saturated carbocycles. The first kappa shape index (κ1) is 24.3. The van der Waals surface area contributed by atoms with E-state index in [0.29, 0.717) is 24.3 Å². The minimum atomic E-state index is -0.876. The van der Waals surface area contributed by atoms with E-state index in [1.165, 1.54) is 18.5 Å². The van der Waals surface area contributed by atoms with E-state index in [1.54, 1.807) is 23.1 Å². The molecular weight excluding hydrogens is 530 g/mol. The van der Waals surface area contributed by atoms with Crippen molar-refractivity contribution < 1.29 is 24.2 Å². The summed E-state index contributed by atoms with van der Waals surface area (Å²) in [5.74, 6) is -1.42.